The van der Waals surface area contributed by atoms with Crippen molar-refractivity contribution in [3.63, 3.8) is 0 Å². The number of hydrogen-bond donors (Lipinski definition) is 0. The van der Waals surface area contributed by atoms with Crippen molar-refractivity contribution in [3.05, 3.63) is 11.8 Å². The molecule has 1 heterocycles. The first kappa shape index (κ1) is 20.5. The Kier molecular flexibility index (Phi) is 4.08. The lowest BCUT2D eigenvalue weighted by atomic mass is 9.93. The first-order valence-corrected chi connectivity index (χ1v) is 5.01. The van der Waals surface area contributed by atoms with Crippen LogP contribution in [0, 0.1) is 0 Å². The molecule has 0 atom stereocenters. The highest BCUT2D eigenvalue weighted by Crippen LogP contribution is 2.65. The van der Waals surface area contributed by atoms with Gasteiger partial charge < -0.3 is 0 Å². The van der Waals surface area contributed by atoms with Crippen LogP contribution in [0.15, 0.2) is 11.8 Å². The maximum absolute atomic E-state index is 13.1. The molecule has 1 nitrogen and oxygen atoms in total. The van der Waals surface area contributed by atoms with Gasteiger partial charge in [0.05, 0.1) is 0 Å². The van der Waals surface area contributed by atoms with Crippen molar-refractivity contribution in [2.75, 3.05) is 0 Å². The van der Waals surface area contributed by atoms with Crippen LogP contribution in [0.1, 0.15) is 0 Å². The van der Waals surface area contributed by atoms with E-state index < -0.39 is 52.7 Å². The van der Waals surface area contributed by atoms with Crippen LogP contribution in [0.3, 0.4) is 0 Å². The fourth-order valence-electron chi connectivity index (χ4n) is 1.49. The number of halogens is 15. The molecule has 24 heavy (non-hydrogen) atoms. The first-order chi connectivity index (χ1) is 10.2. The van der Waals surface area contributed by atoms with Gasteiger partial charge in [-0.2, -0.15) is 65.9 Å². The number of alkyl halides is 13. The smallest absolute Gasteiger partial charge is 0.215 e. The molecule has 0 unspecified atom stereocenters. The zero-order chi connectivity index (χ0) is 19.7. The molecule has 142 valence electrons. The Bertz CT molecular complexity index is 524. The van der Waals surface area contributed by atoms with E-state index in [-0.39, 0.29) is 0 Å². The van der Waals surface area contributed by atoms with Gasteiger partial charge >= 0.3 is 36.0 Å². The molecule has 0 aromatic heterocycles. The Morgan fingerprint density at radius 1 is 0.583 bits per heavy atom. The molecule has 0 aliphatic carbocycles. The second kappa shape index (κ2) is 4.77. The van der Waals surface area contributed by atoms with Crippen LogP contribution in [-0.2, 0) is 0 Å². The van der Waals surface area contributed by atoms with Crippen LogP contribution < -0.4 is 0 Å². The van der Waals surface area contributed by atoms with E-state index in [4.69, 9.17) is 0 Å². The Morgan fingerprint density at radius 2 is 0.875 bits per heavy atom. The van der Waals surface area contributed by atoms with Crippen LogP contribution in [-0.4, -0.2) is 40.9 Å². The number of allylic oxidation sites excluding steroid dienone is 1. The minimum absolute atomic E-state index is 3.65. The van der Waals surface area contributed by atoms with Crippen molar-refractivity contribution in [2.24, 2.45) is 0 Å². The molecule has 0 aromatic carbocycles. The van der Waals surface area contributed by atoms with Crippen molar-refractivity contribution >= 4 is 0 Å². The lowest BCUT2D eigenvalue weighted by molar-refractivity contribution is -0.502. The highest BCUT2D eigenvalue weighted by Gasteiger charge is 2.95. The summed E-state index contributed by atoms with van der Waals surface area (Å²) in [6.45, 7) is 0. The topological polar surface area (TPSA) is 3.24 Å². The summed E-state index contributed by atoms with van der Waals surface area (Å²) in [6.07, 6.45) is -6.69. The van der Waals surface area contributed by atoms with E-state index in [2.05, 4.69) is 0 Å². The molecule has 0 radical (unpaired) electrons. The summed E-state index contributed by atoms with van der Waals surface area (Å²) in [7, 11) is 0. The van der Waals surface area contributed by atoms with Gasteiger partial charge in [-0.15, -0.1) is 0 Å². The Morgan fingerprint density at radius 3 is 1.12 bits per heavy atom. The van der Waals surface area contributed by atoms with E-state index in [0.29, 0.717) is 0 Å². The fraction of sp³-hybridized carbons (Fsp3) is 0.750. The molecule has 16 heteroatoms. The Balaban J connectivity index is 3.84. The van der Waals surface area contributed by atoms with Crippen LogP contribution in [0.2, 0.25) is 0 Å². The normalized spacial score (nSPS) is 28.4. The average Bonchev–Trinajstić information content (AvgIpc) is 2.33. The number of rotatable bonds is 1. The van der Waals surface area contributed by atoms with E-state index in [1.54, 1.807) is 0 Å². The van der Waals surface area contributed by atoms with Crippen molar-refractivity contribution in [3.8, 4) is 0 Å². The monoisotopic (exact) mass is 395 g/mol. The lowest BCUT2D eigenvalue weighted by Crippen LogP contribution is -2.81. The van der Waals surface area contributed by atoms with Gasteiger partial charge in [0.15, 0.2) is 0 Å². The van der Waals surface area contributed by atoms with Crippen LogP contribution in [0.5, 0.6) is 0 Å². The van der Waals surface area contributed by atoms with Gasteiger partial charge in [0, 0.05) is 0 Å². The molecule has 1 aliphatic rings. The summed E-state index contributed by atoms with van der Waals surface area (Å²) in [5, 5.41) is 0. The minimum atomic E-state index is -7.53. The predicted molar refractivity (Wildman–Crippen MR) is 41.9 cm³/mol. The zero-order valence-electron chi connectivity index (χ0n) is 10.1. The minimum Gasteiger partial charge on any atom is -0.215 e. The van der Waals surface area contributed by atoms with Crippen LogP contribution in [0.25, 0.3) is 0 Å². The second-order valence-corrected chi connectivity index (χ2v) is 4.24. The summed E-state index contributed by atoms with van der Waals surface area (Å²) in [6, 6.07) is -14.7. The van der Waals surface area contributed by atoms with Gasteiger partial charge in [-0.3, -0.25) is 0 Å². The summed E-state index contributed by atoms with van der Waals surface area (Å²) < 4.78 is 190. The van der Waals surface area contributed by atoms with Crippen molar-refractivity contribution < 1.29 is 65.9 Å². The summed E-state index contributed by atoms with van der Waals surface area (Å²) >= 11 is 0. The molecule has 0 saturated carbocycles. The van der Waals surface area contributed by atoms with Gasteiger partial charge in [-0.1, -0.05) is 0 Å². The summed E-state index contributed by atoms with van der Waals surface area (Å²) in [5.74, 6) is -31.7. The highest BCUT2D eigenvalue weighted by atomic mass is 19.4. The van der Waals surface area contributed by atoms with Crippen LogP contribution >= 0.6 is 0 Å². The molecular weight excluding hydrogens is 395 g/mol. The highest BCUT2D eigenvalue weighted by molar-refractivity contribution is 5.20. The zero-order valence-corrected chi connectivity index (χ0v) is 10.1. The number of likely N-dealkylation sites (tertiary alicyclic amines) is 1. The Hall–Kier alpha value is -1.51. The number of piperidine rings is 1. The van der Waals surface area contributed by atoms with Crippen LogP contribution in [0.4, 0.5) is 65.9 Å². The summed E-state index contributed by atoms with van der Waals surface area (Å²) in [4.78, 5) is -3.65. The molecule has 1 rings (SSSR count). The number of nitrogens with zero attached hydrogens (tertiary/aromatic N) is 1. The molecule has 0 N–H and O–H groups in total. The molecular formula is C8F15N. The predicted octanol–water partition coefficient (Wildman–Crippen LogP) is 5.06. The third-order valence-corrected chi connectivity index (χ3v) is 2.73. The average molecular weight is 395 g/mol. The second-order valence-electron chi connectivity index (χ2n) is 4.24. The van der Waals surface area contributed by atoms with Crippen molar-refractivity contribution in [2.45, 2.75) is 36.0 Å². The molecule has 1 saturated heterocycles. The third-order valence-electron chi connectivity index (χ3n) is 2.73. The van der Waals surface area contributed by atoms with E-state index in [0.717, 1.165) is 0 Å². The Labute approximate surface area is 120 Å². The van der Waals surface area contributed by atoms with E-state index in [1.165, 1.54) is 0 Å². The first-order valence-electron chi connectivity index (χ1n) is 5.01. The SMILES string of the molecule is FC(=C(F)C(F)(F)F)N1C(F)(F)C(F)(F)C(F)(F)C(F)(F)C1(F)F. The maximum Gasteiger partial charge on any atom is 0.447 e. The fourth-order valence-corrected chi connectivity index (χ4v) is 1.49. The molecule has 0 spiro atoms. The van der Waals surface area contributed by atoms with E-state index in [9.17, 15) is 65.9 Å². The van der Waals surface area contributed by atoms with Gasteiger partial charge in [-0.25, -0.2) is 4.90 Å². The van der Waals surface area contributed by atoms with Crippen molar-refractivity contribution in [1.82, 2.24) is 4.90 Å². The summed E-state index contributed by atoms with van der Waals surface area (Å²) in [5.41, 5.74) is 0. The molecule has 1 aliphatic heterocycles. The lowest BCUT2D eigenvalue weighted by Gasteiger charge is -2.51. The quantitative estimate of drug-likeness (QED) is 0.443. The van der Waals surface area contributed by atoms with Gasteiger partial charge in [0.1, 0.15) is 0 Å². The number of hydrogen-bond acceptors (Lipinski definition) is 1. The van der Waals surface area contributed by atoms with Gasteiger partial charge in [0.2, 0.25) is 5.95 Å². The van der Waals surface area contributed by atoms with Gasteiger partial charge in [0.25, 0.3) is 5.83 Å². The molecule has 0 aromatic rings. The third kappa shape index (κ3) is 2.13. The standard InChI is InChI=1S/C8F15N/c9-1(3(11,12)13)2(10)24-7(20,21)5(16,17)4(14,15)6(18,19)8(24,22)23. The largest absolute Gasteiger partial charge is 0.447 e. The van der Waals surface area contributed by atoms with E-state index in [1.807, 2.05) is 0 Å². The molecule has 0 amide bonds. The van der Waals surface area contributed by atoms with Gasteiger partial charge in [-0.05, 0) is 0 Å². The maximum atomic E-state index is 13.1. The molecule has 0 bridgehead atoms. The van der Waals surface area contributed by atoms with Crippen molar-refractivity contribution in [1.29, 1.82) is 0 Å². The van der Waals surface area contributed by atoms with E-state index >= 15 is 0 Å². The molecule has 1 fully saturated rings.